The van der Waals surface area contributed by atoms with Crippen molar-refractivity contribution in [2.75, 3.05) is 19.7 Å². The molecule has 3 N–H and O–H groups in total. The molecule has 1 heterocycles. The summed E-state index contributed by atoms with van der Waals surface area (Å²) in [5.74, 6) is -0.119. The Kier molecular flexibility index (Phi) is 3.05. The van der Waals surface area contributed by atoms with Crippen LogP contribution in [-0.4, -0.2) is 31.2 Å². The molecule has 1 aliphatic rings. The third kappa shape index (κ3) is 2.46. The Morgan fingerprint density at radius 3 is 3.00 bits per heavy atom. The lowest BCUT2D eigenvalue weighted by molar-refractivity contribution is -0.121. The fraction of sp³-hybridized carbons (Fsp3) is 0.875. The fourth-order valence-corrected chi connectivity index (χ4v) is 1.33. The molecule has 1 saturated heterocycles. The zero-order valence-electron chi connectivity index (χ0n) is 7.43. The minimum atomic E-state index is -0.162. The number of hydrogen-bond acceptors (Lipinski definition) is 3. The van der Waals surface area contributed by atoms with E-state index in [1.54, 1.807) is 0 Å². The van der Waals surface area contributed by atoms with Crippen LogP contribution < -0.4 is 11.1 Å². The van der Waals surface area contributed by atoms with Crippen LogP contribution >= 0.6 is 0 Å². The normalized spacial score (nSPS) is 28.8. The number of ether oxygens (including phenoxy) is 1. The van der Waals surface area contributed by atoms with Gasteiger partial charge in [0.25, 0.3) is 0 Å². The Hall–Kier alpha value is -0.610. The van der Waals surface area contributed by atoms with Gasteiger partial charge in [-0.2, -0.15) is 0 Å². The summed E-state index contributed by atoms with van der Waals surface area (Å²) in [6.07, 6.45) is 2.09. The van der Waals surface area contributed by atoms with Crippen molar-refractivity contribution in [1.29, 1.82) is 0 Å². The summed E-state index contributed by atoms with van der Waals surface area (Å²) in [7, 11) is 0. The van der Waals surface area contributed by atoms with Gasteiger partial charge in [0.15, 0.2) is 0 Å². The molecule has 0 aromatic rings. The van der Waals surface area contributed by atoms with Crippen molar-refractivity contribution in [2.24, 2.45) is 5.73 Å². The summed E-state index contributed by atoms with van der Waals surface area (Å²) in [6, 6.07) is 0. The van der Waals surface area contributed by atoms with Gasteiger partial charge in [-0.25, -0.2) is 0 Å². The molecule has 0 radical (unpaired) electrons. The van der Waals surface area contributed by atoms with Crippen LogP contribution in [0, 0.1) is 0 Å². The Morgan fingerprint density at radius 2 is 2.50 bits per heavy atom. The van der Waals surface area contributed by atoms with Gasteiger partial charge in [0.05, 0.1) is 12.1 Å². The topological polar surface area (TPSA) is 64.4 Å². The maximum Gasteiger partial charge on any atom is 0.233 e. The second-order valence-corrected chi connectivity index (χ2v) is 3.38. The van der Waals surface area contributed by atoms with E-state index in [4.69, 9.17) is 10.5 Å². The molecule has 4 nitrogen and oxygen atoms in total. The molecule has 0 saturated carbocycles. The predicted octanol–water partition coefficient (Wildman–Crippen LogP) is -0.370. The highest BCUT2D eigenvalue weighted by Crippen LogP contribution is 2.23. The zero-order chi connectivity index (χ0) is 9.03. The third-order valence-corrected chi connectivity index (χ3v) is 2.15. The van der Waals surface area contributed by atoms with E-state index in [2.05, 4.69) is 5.32 Å². The van der Waals surface area contributed by atoms with Crippen LogP contribution in [0.5, 0.6) is 0 Å². The van der Waals surface area contributed by atoms with Crippen molar-refractivity contribution in [3.05, 3.63) is 0 Å². The number of amides is 1. The van der Waals surface area contributed by atoms with E-state index in [0.29, 0.717) is 6.54 Å². The van der Waals surface area contributed by atoms with E-state index in [1.165, 1.54) is 0 Å². The van der Waals surface area contributed by atoms with E-state index < -0.39 is 0 Å². The second kappa shape index (κ2) is 3.87. The molecule has 1 aliphatic heterocycles. The summed E-state index contributed by atoms with van der Waals surface area (Å²) in [6.45, 7) is 3.44. The summed E-state index contributed by atoms with van der Waals surface area (Å²) < 4.78 is 5.48. The fourth-order valence-electron chi connectivity index (χ4n) is 1.33. The molecule has 1 rings (SSSR count). The number of nitrogens with one attached hydrogen (secondary N) is 1. The third-order valence-electron chi connectivity index (χ3n) is 2.15. The van der Waals surface area contributed by atoms with Crippen molar-refractivity contribution < 1.29 is 9.53 Å². The first-order chi connectivity index (χ1) is 5.66. The number of nitrogens with two attached hydrogens (primary N) is 1. The molecule has 1 unspecified atom stereocenters. The first-order valence-corrected chi connectivity index (χ1v) is 4.27. The molecule has 0 aliphatic carbocycles. The van der Waals surface area contributed by atoms with Crippen LogP contribution in [0.4, 0.5) is 0 Å². The van der Waals surface area contributed by atoms with Crippen LogP contribution in [-0.2, 0) is 9.53 Å². The van der Waals surface area contributed by atoms with Gasteiger partial charge in [0.1, 0.15) is 0 Å². The second-order valence-electron chi connectivity index (χ2n) is 3.38. The average molecular weight is 172 g/mol. The summed E-state index contributed by atoms with van der Waals surface area (Å²) in [5, 5.41) is 2.73. The first-order valence-electron chi connectivity index (χ1n) is 4.27. The lowest BCUT2D eigenvalue weighted by atomic mass is 10.0. The molecule has 1 amide bonds. The standard InChI is InChI=1S/C8H16N2O2/c1-8(3-2-4-12-8)6-10-7(11)5-9/h2-6,9H2,1H3,(H,10,11). The van der Waals surface area contributed by atoms with Crippen molar-refractivity contribution in [2.45, 2.75) is 25.4 Å². The molecule has 0 aromatic carbocycles. The molecule has 4 heteroatoms. The largest absolute Gasteiger partial charge is 0.373 e. The van der Waals surface area contributed by atoms with Crippen LogP contribution in [0.3, 0.4) is 0 Å². The maximum atomic E-state index is 10.8. The first kappa shape index (κ1) is 9.48. The van der Waals surface area contributed by atoms with Gasteiger partial charge in [-0.15, -0.1) is 0 Å². The summed E-state index contributed by atoms with van der Waals surface area (Å²) >= 11 is 0. The Balaban J connectivity index is 2.25. The highest BCUT2D eigenvalue weighted by atomic mass is 16.5. The number of carbonyl (C=O) groups excluding carboxylic acids is 1. The van der Waals surface area contributed by atoms with Crippen LogP contribution in [0.2, 0.25) is 0 Å². The van der Waals surface area contributed by atoms with Crippen LogP contribution in [0.15, 0.2) is 0 Å². The monoisotopic (exact) mass is 172 g/mol. The number of carbonyl (C=O) groups is 1. The van der Waals surface area contributed by atoms with Crippen molar-refractivity contribution in [3.8, 4) is 0 Å². The SMILES string of the molecule is CC1(CNC(=O)CN)CCCO1. The van der Waals surface area contributed by atoms with Crippen molar-refractivity contribution >= 4 is 5.91 Å². The van der Waals surface area contributed by atoms with Gasteiger partial charge >= 0.3 is 0 Å². The quantitative estimate of drug-likeness (QED) is 0.610. The number of hydrogen-bond donors (Lipinski definition) is 2. The number of rotatable bonds is 3. The van der Waals surface area contributed by atoms with E-state index in [1.807, 2.05) is 6.92 Å². The summed E-state index contributed by atoms with van der Waals surface area (Å²) in [4.78, 5) is 10.8. The lowest BCUT2D eigenvalue weighted by Crippen LogP contribution is -2.42. The van der Waals surface area contributed by atoms with Crippen LogP contribution in [0.25, 0.3) is 0 Å². The minimum absolute atomic E-state index is 0.0517. The van der Waals surface area contributed by atoms with Crippen LogP contribution in [0.1, 0.15) is 19.8 Å². The summed E-state index contributed by atoms with van der Waals surface area (Å²) in [5.41, 5.74) is 4.99. The van der Waals surface area contributed by atoms with E-state index in [0.717, 1.165) is 19.4 Å². The zero-order valence-corrected chi connectivity index (χ0v) is 7.43. The van der Waals surface area contributed by atoms with Crippen molar-refractivity contribution in [1.82, 2.24) is 5.32 Å². The molecular formula is C8H16N2O2. The van der Waals surface area contributed by atoms with Gasteiger partial charge < -0.3 is 15.8 Å². The maximum absolute atomic E-state index is 10.8. The smallest absolute Gasteiger partial charge is 0.233 e. The highest BCUT2D eigenvalue weighted by Gasteiger charge is 2.29. The molecule has 12 heavy (non-hydrogen) atoms. The van der Waals surface area contributed by atoms with Gasteiger partial charge in [-0.05, 0) is 19.8 Å². The lowest BCUT2D eigenvalue weighted by Gasteiger charge is -2.23. The van der Waals surface area contributed by atoms with Gasteiger partial charge in [-0.1, -0.05) is 0 Å². The minimum Gasteiger partial charge on any atom is -0.373 e. The van der Waals surface area contributed by atoms with E-state index >= 15 is 0 Å². The molecular weight excluding hydrogens is 156 g/mol. The van der Waals surface area contributed by atoms with Gasteiger partial charge in [-0.3, -0.25) is 4.79 Å². The molecule has 0 bridgehead atoms. The molecule has 1 atom stereocenters. The van der Waals surface area contributed by atoms with Gasteiger partial charge in [0.2, 0.25) is 5.91 Å². The molecule has 0 aromatic heterocycles. The Labute approximate surface area is 72.5 Å². The highest BCUT2D eigenvalue weighted by molar-refractivity contribution is 5.77. The molecule has 1 fully saturated rings. The van der Waals surface area contributed by atoms with Crippen molar-refractivity contribution in [3.63, 3.8) is 0 Å². The van der Waals surface area contributed by atoms with Gasteiger partial charge in [0, 0.05) is 13.2 Å². The Bertz CT molecular complexity index is 164. The van der Waals surface area contributed by atoms with E-state index in [-0.39, 0.29) is 18.1 Å². The molecule has 70 valence electrons. The molecule has 0 spiro atoms. The average Bonchev–Trinajstić information content (AvgIpc) is 2.49. The predicted molar refractivity (Wildman–Crippen MR) is 45.7 cm³/mol. The Morgan fingerprint density at radius 1 is 1.75 bits per heavy atom. The van der Waals surface area contributed by atoms with E-state index in [9.17, 15) is 4.79 Å².